The minimum atomic E-state index is 0.0386. The lowest BCUT2D eigenvalue weighted by atomic mass is 10.1. The fourth-order valence-corrected chi connectivity index (χ4v) is 2.27. The van der Waals surface area contributed by atoms with E-state index in [1.807, 2.05) is 49.4 Å². The fourth-order valence-electron chi connectivity index (χ4n) is 2.27. The molecule has 1 aromatic carbocycles. The molecule has 1 amide bonds. The van der Waals surface area contributed by atoms with Gasteiger partial charge in [-0.15, -0.1) is 0 Å². The summed E-state index contributed by atoms with van der Waals surface area (Å²) in [6, 6.07) is 7.95. The molecule has 0 fully saturated rings. The van der Waals surface area contributed by atoms with Crippen LogP contribution in [-0.4, -0.2) is 18.2 Å². The number of nitrogens with zero attached hydrogens (tertiary/aromatic N) is 1. The lowest BCUT2D eigenvalue weighted by Crippen LogP contribution is -2.27. The number of hydrogen-bond donors (Lipinski definition) is 2. The first-order chi connectivity index (χ1) is 10.7. The molecule has 0 atom stereocenters. The molecule has 1 aliphatic carbocycles. The van der Waals surface area contributed by atoms with E-state index in [2.05, 4.69) is 17.6 Å². The number of carbonyl (C=O) groups is 1. The number of para-hydroxylation sites is 2. The third-order valence-corrected chi connectivity index (χ3v) is 3.30. The van der Waals surface area contributed by atoms with Crippen LogP contribution in [-0.2, 0) is 4.79 Å². The van der Waals surface area contributed by atoms with Crippen molar-refractivity contribution in [3.8, 4) is 0 Å². The summed E-state index contributed by atoms with van der Waals surface area (Å²) in [7, 11) is 0. The Bertz CT molecular complexity index is 615. The lowest BCUT2D eigenvalue weighted by Gasteiger charge is -2.15. The minimum Gasteiger partial charge on any atom is -0.384 e. The Morgan fingerprint density at radius 1 is 1.27 bits per heavy atom. The van der Waals surface area contributed by atoms with Crippen molar-refractivity contribution < 1.29 is 4.79 Å². The van der Waals surface area contributed by atoms with Crippen LogP contribution >= 0.6 is 0 Å². The molecule has 0 spiro atoms. The molecular formula is C18H23N3O. The Morgan fingerprint density at radius 2 is 2.09 bits per heavy atom. The van der Waals surface area contributed by atoms with Crippen LogP contribution in [0.15, 0.2) is 53.2 Å². The molecule has 116 valence electrons. The number of amides is 1. The van der Waals surface area contributed by atoms with Gasteiger partial charge in [0.15, 0.2) is 0 Å². The Hall–Kier alpha value is -2.36. The van der Waals surface area contributed by atoms with E-state index in [4.69, 9.17) is 4.99 Å². The van der Waals surface area contributed by atoms with Gasteiger partial charge in [0, 0.05) is 19.4 Å². The second kappa shape index (κ2) is 8.17. The molecule has 4 heteroatoms. The van der Waals surface area contributed by atoms with Gasteiger partial charge < -0.3 is 10.6 Å². The molecule has 0 radical (unpaired) electrons. The van der Waals surface area contributed by atoms with E-state index < -0.39 is 0 Å². The molecule has 0 saturated heterocycles. The maximum atomic E-state index is 11.8. The topological polar surface area (TPSA) is 53.5 Å². The molecule has 4 nitrogen and oxygen atoms in total. The number of benzene rings is 1. The Balaban J connectivity index is 2.24. The zero-order valence-corrected chi connectivity index (χ0v) is 13.2. The van der Waals surface area contributed by atoms with Crippen LogP contribution in [0.2, 0.25) is 0 Å². The van der Waals surface area contributed by atoms with Gasteiger partial charge in [0.25, 0.3) is 0 Å². The van der Waals surface area contributed by atoms with Crippen molar-refractivity contribution in [1.29, 1.82) is 0 Å². The first-order valence-corrected chi connectivity index (χ1v) is 7.82. The summed E-state index contributed by atoms with van der Waals surface area (Å²) in [6.45, 7) is 4.90. The normalized spacial score (nSPS) is 15.5. The van der Waals surface area contributed by atoms with Gasteiger partial charge in [0.1, 0.15) is 0 Å². The van der Waals surface area contributed by atoms with Crippen molar-refractivity contribution in [1.82, 2.24) is 5.32 Å². The standard InChI is InChI=1S/C18H23N3O/c1-3-9-18(22)21-17-13-8-7-12-16(17)20-15-11-6-5-10-14(15)19-4-2/h5-8,10-11,13,19H,3-4,9,12H2,1-2H3,(H,21,22)/b20-16+. The van der Waals surface area contributed by atoms with Crippen LogP contribution in [0.25, 0.3) is 0 Å². The van der Waals surface area contributed by atoms with Crippen LogP contribution < -0.4 is 10.6 Å². The zero-order valence-electron chi connectivity index (χ0n) is 13.2. The van der Waals surface area contributed by atoms with E-state index in [0.29, 0.717) is 6.42 Å². The van der Waals surface area contributed by atoms with Crippen molar-refractivity contribution in [2.24, 2.45) is 4.99 Å². The SMILES string of the molecule is CCCC(=O)NC1=CC=CC/C1=N\c1ccccc1NCC. The van der Waals surface area contributed by atoms with Crippen LogP contribution in [0.4, 0.5) is 11.4 Å². The average Bonchev–Trinajstić information content (AvgIpc) is 2.51. The van der Waals surface area contributed by atoms with E-state index in [1.165, 1.54) is 0 Å². The Labute approximate surface area is 132 Å². The zero-order chi connectivity index (χ0) is 15.8. The number of aliphatic imine (C=N–C) groups is 1. The molecule has 22 heavy (non-hydrogen) atoms. The number of carbonyl (C=O) groups excluding carboxylic acids is 1. The molecular weight excluding hydrogens is 274 g/mol. The highest BCUT2D eigenvalue weighted by Gasteiger charge is 2.12. The Kier molecular flexibility index (Phi) is 5.95. The predicted octanol–water partition coefficient (Wildman–Crippen LogP) is 3.95. The monoisotopic (exact) mass is 297 g/mol. The van der Waals surface area contributed by atoms with Gasteiger partial charge in [-0.3, -0.25) is 4.79 Å². The van der Waals surface area contributed by atoms with Crippen LogP contribution in [0.1, 0.15) is 33.1 Å². The van der Waals surface area contributed by atoms with Gasteiger partial charge in [-0.2, -0.15) is 0 Å². The average molecular weight is 297 g/mol. The maximum Gasteiger partial charge on any atom is 0.224 e. The smallest absolute Gasteiger partial charge is 0.224 e. The molecule has 0 aromatic heterocycles. The molecule has 0 unspecified atom stereocenters. The van der Waals surface area contributed by atoms with Crippen molar-refractivity contribution in [2.75, 3.05) is 11.9 Å². The van der Waals surface area contributed by atoms with Gasteiger partial charge in [0.2, 0.25) is 5.91 Å². The summed E-state index contributed by atoms with van der Waals surface area (Å²) in [5, 5.41) is 6.27. The molecule has 0 bridgehead atoms. The quantitative estimate of drug-likeness (QED) is 0.835. The van der Waals surface area contributed by atoms with Crippen molar-refractivity contribution in [3.63, 3.8) is 0 Å². The van der Waals surface area contributed by atoms with Gasteiger partial charge in [-0.25, -0.2) is 4.99 Å². The van der Waals surface area contributed by atoms with Gasteiger partial charge in [0.05, 0.1) is 22.8 Å². The number of hydrogen-bond acceptors (Lipinski definition) is 3. The number of rotatable bonds is 6. The van der Waals surface area contributed by atoms with Crippen molar-refractivity contribution in [3.05, 3.63) is 48.2 Å². The fraction of sp³-hybridized carbons (Fsp3) is 0.333. The molecule has 2 N–H and O–H groups in total. The van der Waals surface area contributed by atoms with Crippen LogP contribution in [0.3, 0.4) is 0 Å². The lowest BCUT2D eigenvalue weighted by molar-refractivity contribution is -0.120. The van der Waals surface area contributed by atoms with E-state index in [1.54, 1.807) is 0 Å². The predicted molar refractivity (Wildman–Crippen MR) is 92.6 cm³/mol. The largest absolute Gasteiger partial charge is 0.384 e. The maximum absolute atomic E-state index is 11.8. The minimum absolute atomic E-state index is 0.0386. The van der Waals surface area contributed by atoms with E-state index in [9.17, 15) is 4.79 Å². The second-order valence-electron chi connectivity index (χ2n) is 5.12. The molecule has 0 saturated carbocycles. The van der Waals surface area contributed by atoms with Gasteiger partial charge >= 0.3 is 0 Å². The summed E-state index contributed by atoms with van der Waals surface area (Å²) in [4.78, 5) is 16.6. The first-order valence-electron chi connectivity index (χ1n) is 7.82. The molecule has 0 aliphatic heterocycles. The molecule has 0 heterocycles. The molecule has 1 aromatic rings. The second-order valence-corrected chi connectivity index (χ2v) is 5.12. The van der Waals surface area contributed by atoms with E-state index in [-0.39, 0.29) is 5.91 Å². The third kappa shape index (κ3) is 4.32. The first kappa shape index (κ1) is 16.0. The summed E-state index contributed by atoms with van der Waals surface area (Å²) >= 11 is 0. The van der Waals surface area contributed by atoms with Crippen molar-refractivity contribution in [2.45, 2.75) is 33.1 Å². The van der Waals surface area contributed by atoms with E-state index in [0.717, 1.165) is 42.2 Å². The summed E-state index contributed by atoms with van der Waals surface area (Å²) in [6.07, 6.45) is 8.00. The number of anilines is 1. The number of allylic oxidation sites excluding steroid dienone is 4. The highest BCUT2D eigenvalue weighted by Crippen LogP contribution is 2.26. The summed E-state index contributed by atoms with van der Waals surface area (Å²) in [5.74, 6) is 0.0386. The van der Waals surface area contributed by atoms with Gasteiger partial charge in [-0.1, -0.05) is 31.2 Å². The molecule has 1 aliphatic rings. The summed E-state index contributed by atoms with van der Waals surface area (Å²) < 4.78 is 0. The van der Waals surface area contributed by atoms with Crippen LogP contribution in [0.5, 0.6) is 0 Å². The van der Waals surface area contributed by atoms with Crippen LogP contribution in [0, 0.1) is 0 Å². The number of nitrogens with one attached hydrogen (secondary N) is 2. The van der Waals surface area contributed by atoms with E-state index >= 15 is 0 Å². The highest BCUT2D eigenvalue weighted by molar-refractivity contribution is 6.06. The summed E-state index contributed by atoms with van der Waals surface area (Å²) in [5.41, 5.74) is 3.58. The van der Waals surface area contributed by atoms with Crippen molar-refractivity contribution >= 4 is 23.0 Å². The molecule has 2 rings (SSSR count). The van der Waals surface area contributed by atoms with Gasteiger partial charge in [-0.05, 0) is 31.6 Å². The highest BCUT2D eigenvalue weighted by atomic mass is 16.1. The third-order valence-electron chi connectivity index (χ3n) is 3.30. The Morgan fingerprint density at radius 3 is 2.86 bits per heavy atom.